The summed E-state index contributed by atoms with van der Waals surface area (Å²) in [7, 11) is 0. The fourth-order valence-corrected chi connectivity index (χ4v) is 2.59. The zero-order valence-corrected chi connectivity index (χ0v) is 16.0. The minimum Gasteiger partial charge on any atom is -0.368 e. The van der Waals surface area contributed by atoms with Gasteiger partial charge in [-0.1, -0.05) is 12.1 Å². The molecule has 0 saturated heterocycles. The normalized spacial score (nSPS) is 10.6. The molecule has 0 radical (unpaired) electrons. The Kier molecular flexibility index (Phi) is 5.83. The number of aryl methyl sites for hydroxylation is 2. The second kappa shape index (κ2) is 8.47. The van der Waals surface area contributed by atoms with Crippen LogP contribution in [0.5, 0.6) is 0 Å². The van der Waals surface area contributed by atoms with Gasteiger partial charge in [-0.3, -0.25) is 4.57 Å². The average Bonchev–Trinajstić information content (AvgIpc) is 2.99. The molecule has 0 aliphatic carbocycles. The first-order chi connectivity index (χ1) is 13.4. The standard InChI is InChI=1S/C19H22FN7O/c1-12-13(2)27(11-23-12)18-10-17(24-14(3)25-18)21-8-9-22-19(28)26-16-7-5-4-6-15(16)20/h4-7,10-11H,8-9H2,1-3H3,(H,21,24,25)(H2,22,26,28). The van der Waals surface area contributed by atoms with Crippen LogP contribution in [-0.2, 0) is 0 Å². The zero-order valence-electron chi connectivity index (χ0n) is 16.0. The van der Waals surface area contributed by atoms with Gasteiger partial charge in [-0.15, -0.1) is 0 Å². The summed E-state index contributed by atoms with van der Waals surface area (Å²) in [5.74, 6) is 1.50. The lowest BCUT2D eigenvalue weighted by molar-refractivity contribution is 0.252. The Balaban J connectivity index is 1.54. The number of halogens is 1. The minimum absolute atomic E-state index is 0.134. The van der Waals surface area contributed by atoms with E-state index in [1.165, 1.54) is 12.1 Å². The van der Waals surface area contributed by atoms with Gasteiger partial charge in [0.1, 0.15) is 29.6 Å². The zero-order chi connectivity index (χ0) is 20.1. The molecule has 2 heterocycles. The van der Waals surface area contributed by atoms with Crippen molar-refractivity contribution in [2.24, 2.45) is 0 Å². The van der Waals surface area contributed by atoms with E-state index in [2.05, 4.69) is 30.9 Å². The molecular weight excluding hydrogens is 361 g/mol. The topological polar surface area (TPSA) is 96.8 Å². The molecule has 1 aromatic carbocycles. The van der Waals surface area contributed by atoms with Crippen LogP contribution in [0.3, 0.4) is 0 Å². The third-order valence-electron chi connectivity index (χ3n) is 4.16. The van der Waals surface area contributed by atoms with Gasteiger partial charge < -0.3 is 16.0 Å². The molecule has 28 heavy (non-hydrogen) atoms. The van der Waals surface area contributed by atoms with Gasteiger partial charge in [0.15, 0.2) is 0 Å². The van der Waals surface area contributed by atoms with Gasteiger partial charge in [-0.2, -0.15) is 0 Å². The Morgan fingerprint density at radius 3 is 2.64 bits per heavy atom. The molecule has 3 aromatic rings. The van der Waals surface area contributed by atoms with Crippen molar-refractivity contribution in [3.63, 3.8) is 0 Å². The molecule has 0 bridgehead atoms. The predicted molar refractivity (Wildman–Crippen MR) is 105 cm³/mol. The van der Waals surface area contributed by atoms with Crippen LogP contribution in [0.15, 0.2) is 36.7 Å². The second-order valence-corrected chi connectivity index (χ2v) is 6.23. The molecule has 3 N–H and O–H groups in total. The average molecular weight is 383 g/mol. The van der Waals surface area contributed by atoms with E-state index < -0.39 is 11.8 Å². The Labute approximate surface area is 162 Å². The molecule has 8 nitrogen and oxygen atoms in total. The van der Waals surface area contributed by atoms with E-state index in [0.29, 0.717) is 24.7 Å². The van der Waals surface area contributed by atoms with E-state index in [1.54, 1.807) is 18.5 Å². The smallest absolute Gasteiger partial charge is 0.319 e. The number of benzene rings is 1. The van der Waals surface area contributed by atoms with E-state index >= 15 is 0 Å². The summed E-state index contributed by atoms with van der Waals surface area (Å²) in [5, 5.41) is 8.28. The van der Waals surface area contributed by atoms with Gasteiger partial charge in [-0.25, -0.2) is 24.1 Å². The summed E-state index contributed by atoms with van der Waals surface area (Å²) >= 11 is 0. The fraction of sp³-hybridized carbons (Fsp3) is 0.263. The van der Waals surface area contributed by atoms with Gasteiger partial charge in [0.05, 0.1) is 11.4 Å². The number of para-hydroxylation sites is 1. The number of nitrogens with one attached hydrogen (secondary N) is 3. The molecule has 2 amide bonds. The Hall–Kier alpha value is -3.49. The molecule has 0 spiro atoms. The minimum atomic E-state index is -0.482. The number of urea groups is 1. The summed E-state index contributed by atoms with van der Waals surface area (Å²) in [4.78, 5) is 24.9. The number of nitrogens with zero attached hydrogens (tertiary/aromatic N) is 4. The maximum atomic E-state index is 13.5. The van der Waals surface area contributed by atoms with Crippen LogP contribution in [0.2, 0.25) is 0 Å². The second-order valence-electron chi connectivity index (χ2n) is 6.23. The molecule has 2 aromatic heterocycles. The molecular formula is C19H22FN7O. The Bertz CT molecular complexity index is 986. The van der Waals surface area contributed by atoms with Crippen LogP contribution >= 0.6 is 0 Å². The van der Waals surface area contributed by atoms with Crippen LogP contribution in [0.1, 0.15) is 17.2 Å². The van der Waals surface area contributed by atoms with Gasteiger partial charge in [0.25, 0.3) is 0 Å². The summed E-state index contributed by atoms with van der Waals surface area (Å²) in [6.45, 7) is 6.51. The van der Waals surface area contributed by atoms with Crippen LogP contribution in [0.4, 0.5) is 20.7 Å². The van der Waals surface area contributed by atoms with Crippen LogP contribution in [-0.4, -0.2) is 38.6 Å². The van der Waals surface area contributed by atoms with Crippen molar-refractivity contribution in [2.75, 3.05) is 23.7 Å². The molecule has 0 unspecified atom stereocenters. The van der Waals surface area contributed by atoms with Gasteiger partial charge in [0, 0.05) is 24.8 Å². The number of hydrogen-bond acceptors (Lipinski definition) is 5. The predicted octanol–water partition coefficient (Wildman–Crippen LogP) is 2.96. The van der Waals surface area contributed by atoms with Crippen molar-refractivity contribution in [3.05, 3.63) is 59.7 Å². The Morgan fingerprint density at radius 1 is 1.14 bits per heavy atom. The third-order valence-corrected chi connectivity index (χ3v) is 4.16. The molecule has 9 heteroatoms. The number of anilines is 2. The summed E-state index contributed by atoms with van der Waals surface area (Å²) in [6.07, 6.45) is 1.73. The van der Waals surface area contributed by atoms with Crippen molar-refractivity contribution in [1.82, 2.24) is 24.8 Å². The summed E-state index contributed by atoms with van der Waals surface area (Å²) in [6, 6.07) is 7.34. The number of hydrogen-bond donors (Lipinski definition) is 3. The van der Waals surface area contributed by atoms with Crippen molar-refractivity contribution >= 4 is 17.5 Å². The van der Waals surface area contributed by atoms with Crippen molar-refractivity contribution in [1.29, 1.82) is 0 Å². The van der Waals surface area contributed by atoms with E-state index in [0.717, 1.165) is 17.2 Å². The lowest BCUT2D eigenvalue weighted by atomic mass is 10.3. The van der Waals surface area contributed by atoms with Gasteiger partial charge >= 0.3 is 6.03 Å². The first kappa shape index (κ1) is 19.3. The maximum absolute atomic E-state index is 13.5. The van der Waals surface area contributed by atoms with E-state index in [9.17, 15) is 9.18 Å². The van der Waals surface area contributed by atoms with E-state index in [4.69, 9.17) is 0 Å². The van der Waals surface area contributed by atoms with Crippen molar-refractivity contribution in [3.8, 4) is 5.82 Å². The number of rotatable bonds is 6. The first-order valence-electron chi connectivity index (χ1n) is 8.84. The molecule has 0 aliphatic rings. The highest BCUT2D eigenvalue weighted by molar-refractivity contribution is 5.89. The van der Waals surface area contributed by atoms with Crippen molar-refractivity contribution in [2.45, 2.75) is 20.8 Å². The number of carbonyl (C=O) groups excluding carboxylic acids is 1. The number of amides is 2. The highest BCUT2D eigenvalue weighted by Gasteiger charge is 2.09. The largest absolute Gasteiger partial charge is 0.368 e. The summed E-state index contributed by atoms with van der Waals surface area (Å²) in [5.41, 5.74) is 2.08. The Morgan fingerprint density at radius 2 is 1.93 bits per heavy atom. The van der Waals surface area contributed by atoms with Crippen LogP contribution < -0.4 is 16.0 Å². The number of carbonyl (C=O) groups is 1. The lowest BCUT2D eigenvalue weighted by Gasteiger charge is -2.11. The lowest BCUT2D eigenvalue weighted by Crippen LogP contribution is -2.33. The van der Waals surface area contributed by atoms with E-state index in [1.807, 2.05) is 31.4 Å². The molecule has 0 atom stereocenters. The molecule has 0 aliphatic heterocycles. The first-order valence-corrected chi connectivity index (χ1v) is 8.84. The van der Waals surface area contributed by atoms with E-state index in [-0.39, 0.29) is 5.69 Å². The van der Waals surface area contributed by atoms with Crippen LogP contribution in [0.25, 0.3) is 5.82 Å². The summed E-state index contributed by atoms with van der Waals surface area (Å²) < 4.78 is 15.4. The maximum Gasteiger partial charge on any atom is 0.319 e. The molecule has 0 saturated carbocycles. The third kappa shape index (κ3) is 4.61. The van der Waals surface area contributed by atoms with Crippen molar-refractivity contribution < 1.29 is 9.18 Å². The quantitative estimate of drug-likeness (QED) is 0.569. The highest BCUT2D eigenvalue weighted by atomic mass is 19.1. The fourth-order valence-electron chi connectivity index (χ4n) is 2.59. The van der Waals surface area contributed by atoms with Gasteiger partial charge in [-0.05, 0) is 32.9 Å². The number of aromatic nitrogens is 4. The van der Waals surface area contributed by atoms with Crippen LogP contribution in [0, 0.1) is 26.6 Å². The highest BCUT2D eigenvalue weighted by Crippen LogP contribution is 2.15. The SMILES string of the molecule is Cc1nc(NCCNC(=O)Nc2ccccc2F)cc(-n2cnc(C)c2C)n1. The monoisotopic (exact) mass is 383 g/mol. The number of imidazole rings is 1. The molecule has 3 rings (SSSR count). The molecule has 0 fully saturated rings. The molecule has 146 valence electrons. The van der Waals surface area contributed by atoms with Gasteiger partial charge in [0.2, 0.25) is 0 Å².